The molecule has 0 spiro atoms. The summed E-state index contributed by atoms with van der Waals surface area (Å²) in [6.07, 6.45) is 3.60. The van der Waals surface area contributed by atoms with Gasteiger partial charge in [-0.3, -0.25) is 9.97 Å². The average Bonchev–Trinajstić information content (AvgIpc) is 3.01. The van der Waals surface area contributed by atoms with Crippen molar-refractivity contribution >= 4 is 21.8 Å². The molecule has 7 aromatic rings. The van der Waals surface area contributed by atoms with Gasteiger partial charge in [-0.25, -0.2) is 15.0 Å². The molecule has 3 heterocycles. The van der Waals surface area contributed by atoms with Crippen LogP contribution in [0, 0.1) is 0 Å². The predicted molar refractivity (Wildman–Crippen MR) is 152 cm³/mol. The second-order valence-corrected chi connectivity index (χ2v) is 9.00. The van der Waals surface area contributed by atoms with Gasteiger partial charge in [-0.2, -0.15) is 0 Å². The normalized spacial score (nSPS) is 11.2. The topological polar surface area (TPSA) is 64.5 Å². The van der Waals surface area contributed by atoms with Crippen molar-refractivity contribution < 1.29 is 0 Å². The molecule has 4 aromatic carbocycles. The van der Waals surface area contributed by atoms with Gasteiger partial charge in [0, 0.05) is 39.9 Å². The minimum Gasteiger partial charge on any atom is -0.256 e. The maximum Gasteiger partial charge on any atom is 0.164 e. The van der Waals surface area contributed by atoms with Crippen molar-refractivity contribution in [2.24, 2.45) is 0 Å². The van der Waals surface area contributed by atoms with Crippen molar-refractivity contribution in [3.05, 3.63) is 128 Å². The highest BCUT2D eigenvalue weighted by Crippen LogP contribution is 2.32. The van der Waals surface area contributed by atoms with Crippen LogP contribution >= 0.6 is 0 Å². The first-order valence-corrected chi connectivity index (χ1v) is 12.4. The van der Waals surface area contributed by atoms with E-state index in [2.05, 4.69) is 58.5 Å². The van der Waals surface area contributed by atoms with E-state index in [9.17, 15) is 0 Å². The number of benzene rings is 4. The van der Waals surface area contributed by atoms with Gasteiger partial charge in [0.25, 0.3) is 0 Å². The van der Waals surface area contributed by atoms with Crippen LogP contribution in [0.15, 0.2) is 128 Å². The van der Waals surface area contributed by atoms with E-state index in [0.29, 0.717) is 17.5 Å². The molecule has 0 unspecified atom stereocenters. The molecule has 0 bridgehead atoms. The molecule has 178 valence electrons. The lowest BCUT2D eigenvalue weighted by Crippen LogP contribution is -2.01. The van der Waals surface area contributed by atoms with E-state index in [-0.39, 0.29) is 0 Å². The number of nitrogens with zero attached hydrogens (tertiary/aromatic N) is 5. The van der Waals surface area contributed by atoms with Crippen LogP contribution in [0.2, 0.25) is 0 Å². The molecule has 0 saturated heterocycles. The quantitative estimate of drug-likeness (QED) is 0.255. The van der Waals surface area contributed by atoms with E-state index >= 15 is 0 Å². The third kappa shape index (κ3) is 3.96. The van der Waals surface area contributed by atoms with Gasteiger partial charge in [0.2, 0.25) is 0 Å². The summed E-state index contributed by atoms with van der Waals surface area (Å²) in [6.45, 7) is 0. The first-order valence-electron chi connectivity index (χ1n) is 12.4. The maximum absolute atomic E-state index is 4.99. The highest BCUT2D eigenvalue weighted by molar-refractivity contribution is 5.95. The standard InChI is InChI=1S/C33H21N5/c1-2-8-22(9-3-1)23-16-18-24(19-17-23)31-36-32(27-10-4-14-29-25(27)12-6-20-34-29)38-33(37-31)28-11-5-15-30-26(28)13-7-21-35-30/h1-21H. The van der Waals surface area contributed by atoms with Crippen LogP contribution in [0.3, 0.4) is 0 Å². The first-order chi connectivity index (χ1) is 18.8. The van der Waals surface area contributed by atoms with Crippen molar-refractivity contribution in [3.63, 3.8) is 0 Å². The van der Waals surface area contributed by atoms with Crippen molar-refractivity contribution in [1.29, 1.82) is 0 Å². The monoisotopic (exact) mass is 487 g/mol. The molecule has 0 N–H and O–H groups in total. The summed E-state index contributed by atoms with van der Waals surface area (Å²) in [4.78, 5) is 24.0. The zero-order valence-corrected chi connectivity index (χ0v) is 20.4. The summed E-state index contributed by atoms with van der Waals surface area (Å²) in [7, 11) is 0. The van der Waals surface area contributed by atoms with Gasteiger partial charge in [-0.05, 0) is 35.4 Å². The number of hydrogen-bond acceptors (Lipinski definition) is 5. The Balaban J connectivity index is 1.44. The Kier molecular flexibility index (Phi) is 5.37. The van der Waals surface area contributed by atoms with Crippen LogP contribution in [-0.2, 0) is 0 Å². The molecule has 5 nitrogen and oxygen atoms in total. The zero-order chi connectivity index (χ0) is 25.3. The molecule has 0 saturated carbocycles. The van der Waals surface area contributed by atoms with Crippen molar-refractivity contribution in [1.82, 2.24) is 24.9 Å². The lowest BCUT2D eigenvalue weighted by atomic mass is 10.0. The smallest absolute Gasteiger partial charge is 0.164 e. The molecule has 0 fully saturated rings. The Morgan fingerprint density at radius 3 is 1.42 bits per heavy atom. The number of aromatic nitrogens is 5. The SMILES string of the molecule is c1ccc(-c2ccc(-c3nc(-c4cccc5ncccc45)nc(-c4cccc5ncccc45)n3)cc2)cc1. The molecular weight excluding hydrogens is 466 g/mol. The van der Waals surface area contributed by atoms with Crippen molar-refractivity contribution in [2.75, 3.05) is 0 Å². The Bertz CT molecular complexity index is 1810. The van der Waals surface area contributed by atoms with Gasteiger partial charge in [-0.1, -0.05) is 91.0 Å². The first kappa shape index (κ1) is 21.9. The summed E-state index contributed by atoms with van der Waals surface area (Å²) >= 11 is 0. The van der Waals surface area contributed by atoms with Gasteiger partial charge in [0.1, 0.15) is 0 Å². The Morgan fingerprint density at radius 1 is 0.342 bits per heavy atom. The molecule has 0 amide bonds. The van der Waals surface area contributed by atoms with Crippen LogP contribution in [0.5, 0.6) is 0 Å². The van der Waals surface area contributed by atoms with E-state index in [1.165, 1.54) is 5.56 Å². The van der Waals surface area contributed by atoms with Crippen LogP contribution in [0.4, 0.5) is 0 Å². The summed E-state index contributed by atoms with van der Waals surface area (Å²) in [5.41, 5.74) is 6.86. The molecule has 0 atom stereocenters. The highest BCUT2D eigenvalue weighted by atomic mass is 15.0. The molecule has 0 aliphatic heterocycles. The van der Waals surface area contributed by atoms with Crippen LogP contribution in [0.25, 0.3) is 67.1 Å². The average molecular weight is 488 g/mol. The third-order valence-corrected chi connectivity index (χ3v) is 6.66. The molecule has 0 aliphatic rings. The predicted octanol–water partition coefficient (Wildman–Crippen LogP) is 7.64. The maximum atomic E-state index is 4.99. The van der Waals surface area contributed by atoms with Crippen LogP contribution in [-0.4, -0.2) is 24.9 Å². The van der Waals surface area contributed by atoms with Crippen LogP contribution in [0.1, 0.15) is 0 Å². The molecule has 7 rings (SSSR count). The van der Waals surface area contributed by atoms with Gasteiger partial charge < -0.3 is 0 Å². The molecule has 5 heteroatoms. The molecular formula is C33H21N5. The zero-order valence-electron chi connectivity index (χ0n) is 20.4. The van der Waals surface area contributed by atoms with Gasteiger partial charge in [0.05, 0.1) is 11.0 Å². The Labute approximate surface area is 219 Å². The number of pyridine rings is 2. The number of rotatable bonds is 4. The molecule has 38 heavy (non-hydrogen) atoms. The van der Waals surface area contributed by atoms with Crippen molar-refractivity contribution in [2.45, 2.75) is 0 Å². The second kappa shape index (κ2) is 9.30. The van der Waals surface area contributed by atoms with E-state index < -0.39 is 0 Å². The van der Waals surface area contributed by atoms with Crippen molar-refractivity contribution in [3.8, 4) is 45.3 Å². The summed E-state index contributed by atoms with van der Waals surface area (Å²) in [5, 5.41) is 1.99. The van der Waals surface area contributed by atoms with Gasteiger partial charge >= 0.3 is 0 Å². The highest BCUT2D eigenvalue weighted by Gasteiger charge is 2.16. The Hall–Kier alpha value is -5.29. The van der Waals surface area contributed by atoms with Gasteiger partial charge in [0.15, 0.2) is 17.5 Å². The number of hydrogen-bond donors (Lipinski definition) is 0. The molecule has 0 radical (unpaired) electrons. The molecule has 0 aliphatic carbocycles. The largest absolute Gasteiger partial charge is 0.256 e. The second-order valence-electron chi connectivity index (χ2n) is 9.00. The minimum atomic E-state index is 0.608. The van der Waals surface area contributed by atoms with E-state index in [1.54, 1.807) is 12.4 Å². The molecule has 3 aromatic heterocycles. The van der Waals surface area contributed by atoms with Gasteiger partial charge in [-0.15, -0.1) is 0 Å². The summed E-state index contributed by atoms with van der Waals surface area (Å²) in [5.74, 6) is 1.83. The Morgan fingerprint density at radius 2 is 0.842 bits per heavy atom. The fourth-order valence-corrected chi connectivity index (χ4v) is 4.78. The summed E-state index contributed by atoms with van der Waals surface area (Å²) < 4.78 is 0. The van der Waals surface area contributed by atoms with Crippen LogP contribution < -0.4 is 0 Å². The third-order valence-electron chi connectivity index (χ3n) is 6.66. The summed E-state index contributed by atoms with van der Waals surface area (Å²) in [6, 6.07) is 38.7. The minimum absolute atomic E-state index is 0.608. The number of fused-ring (bicyclic) bond motifs is 2. The lowest BCUT2D eigenvalue weighted by Gasteiger charge is -2.11. The van der Waals surface area contributed by atoms with E-state index in [0.717, 1.165) is 44.1 Å². The van der Waals surface area contributed by atoms with E-state index in [4.69, 9.17) is 15.0 Å². The fraction of sp³-hybridized carbons (Fsp3) is 0. The lowest BCUT2D eigenvalue weighted by molar-refractivity contribution is 1.08. The fourth-order valence-electron chi connectivity index (χ4n) is 4.78. The van der Waals surface area contributed by atoms with E-state index in [1.807, 2.05) is 66.7 Å².